The van der Waals surface area contributed by atoms with Gasteiger partial charge >= 0.3 is 6.18 Å². The van der Waals surface area contributed by atoms with Crippen molar-refractivity contribution in [3.63, 3.8) is 0 Å². The van der Waals surface area contributed by atoms with E-state index in [-0.39, 0.29) is 12.5 Å². The van der Waals surface area contributed by atoms with E-state index in [4.69, 9.17) is 4.74 Å². The third-order valence-electron chi connectivity index (χ3n) is 3.66. The summed E-state index contributed by atoms with van der Waals surface area (Å²) >= 11 is 0. The number of halogens is 3. The van der Waals surface area contributed by atoms with Crippen molar-refractivity contribution in [2.24, 2.45) is 0 Å². The Balaban J connectivity index is 1.96. The molecule has 1 aromatic heterocycles. The summed E-state index contributed by atoms with van der Waals surface area (Å²) < 4.78 is 42.6. The number of nitrogens with one attached hydrogen (secondary N) is 1. The van der Waals surface area contributed by atoms with Gasteiger partial charge in [-0.3, -0.25) is 5.10 Å². The molecule has 1 aliphatic heterocycles. The first-order valence-corrected chi connectivity index (χ1v) is 6.92. The van der Waals surface area contributed by atoms with Crippen molar-refractivity contribution in [1.82, 2.24) is 15.1 Å². The number of aromatic nitrogens is 2. The molecule has 0 aromatic carbocycles. The van der Waals surface area contributed by atoms with Crippen molar-refractivity contribution in [3.05, 3.63) is 17.5 Å². The zero-order valence-corrected chi connectivity index (χ0v) is 11.9. The number of aromatic amines is 1. The minimum absolute atomic E-state index is 0.0166. The van der Waals surface area contributed by atoms with Crippen LogP contribution >= 0.6 is 0 Å². The number of likely N-dealkylation sites (tertiary alicyclic amines) is 1. The Morgan fingerprint density at radius 3 is 2.95 bits per heavy atom. The number of H-pyrrole nitrogens is 1. The Hall–Kier alpha value is -1.12. The van der Waals surface area contributed by atoms with Crippen LogP contribution in [0.15, 0.2) is 6.07 Å². The van der Waals surface area contributed by atoms with Crippen LogP contribution in [0.25, 0.3) is 0 Å². The number of β-amino-alcohol motifs (C(OH)–C–C–N with tert-alkyl or cyclic N) is 1. The molecule has 0 saturated carbocycles. The number of alkyl halides is 3. The molecule has 2 atom stereocenters. The van der Waals surface area contributed by atoms with E-state index < -0.39 is 18.0 Å². The van der Waals surface area contributed by atoms with E-state index in [9.17, 15) is 18.3 Å². The van der Waals surface area contributed by atoms with Crippen LogP contribution in [-0.2, 0) is 10.9 Å². The second-order valence-corrected chi connectivity index (χ2v) is 5.41. The maximum absolute atomic E-state index is 12.6. The van der Waals surface area contributed by atoms with Crippen molar-refractivity contribution in [2.45, 2.75) is 31.0 Å². The fraction of sp³-hybridized carbons (Fsp3) is 0.769. The number of aliphatic hydroxyl groups is 1. The fourth-order valence-corrected chi connectivity index (χ4v) is 2.71. The minimum atomic E-state index is -4.42. The number of nitrogens with zero attached hydrogens (tertiary/aromatic N) is 2. The Kier molecular flexibility index (Phi) is 5.23. The average molecular weight is 307 g/mol. The minimum Gasteiger partial charge on any atom is -0.389 e. The molecule has 0 amide bonds. The normalized spacial score (nSPS) is 22.4. The first-order valence-electron chi connectivity index (χ1n) is 6.92. The highest BCUT2D eigenvalue weighted by Crippen LogP contribution is 2.31. The van der Waals surface area contributed by atoms with Gasteiger partial charge in [0, 0.05) is 31.8 Å². The summed E-state index contributed by atoms with van der Waals surface area (Å²) in [5.74, 6) is -0.0166. The van der Waals surface area contributed by atoms with Crippen LogP contribution in [-0.4, -0.2) is 59.7 Å². The molecule has 2 heterocycles. The Morgan fingerprint density at radius 1 is 1.57 bits per heavy atom. The standard InChI is InChI=1S/C13H20F3N3O2/c1-21-8-10(20)7-19-4-2-3-9(6-19)11-5-12(18-17-11)13(14,15)16/h5,9-10,20H,2-4,6-8H2,1H3,(H,17,18). The van der Waals surface area contributed by atoms with Crippen LogP contribution in [0.4, 0.5) is 13.2 Å². The lowest BCUT2D eigenvalue weighted by atomic mass is 9.94. The van der Waals surface area contributed by atoms with Gasteiger partial charge in [0.1, 0.15) is 0 Å². The van der Waals surface area contributed by atoms with Crippen LogP contribution < -0.4 is 0 Å². The van der Waals surface area contributed by atoms with E-state index in [1.807, 2.05) is 4.90 Å². The highest BCUT2D eigenvalue weighted by molar-refractivity contribution is 5.16. The molecule has 1 aliphatic rings. The van der Waals surface area contributed by atoms with Crippen LogP contribution in [0.2, 0.25) is 0 Å². The van der Waals surface area contributed by atoms with Crippen LogP contribution in [0.5, 0.6) is 0 Å². The van der Waals surface area contributed by atoms with E-state index in [0.717, 1.165) is 25.5 Å². The van der Waals surface area contributed by atoms with E-state index >= 15 is 0 Å². The fourth-order valence-electron chi connectivity index (χ4n) is 2.71. The predicted octanol–water partition coefficient (Wildman–Crippen LogP) is 1.62. The zero-order valence-electron chi connectivity index (χ0n) is 11.9. The molecule has 8 heteroatoms. The van der Waals surface area contributed by atoms with Gasteiger partial charge < -0.3 is 14.7 Å². The van der Waals surface area contributed by atoms with Gasteiger partial charge in [0.25, 0.3) is 0 Å². The highest BCUT2D eigenvalue weighted by Gasteiger charge is 2.35. The molecule has 5 nitrogen and oxygen atoms in total. The molecule has 1 aromatic rings. The van der Waals surface area contributed by atoms with Crippen LogP contribution in [0.3, 0.4) is 0 Å². The van der Waals surface area contributed by atoms with Crippen molar-refractivity contribution in [2.75, 3.05) is 33.4 Å². The van der Waals surface area contributed by atoms with Gasteiger partial charge in [-0.2, -0.15) is 18.3 Å². The van der Waals surface area contributed by atoms with Gasteiger partial charge in [-0.05, 0) is 25.5 Å². The summed E-state index contributed by atoms with van der Waals surface area (Å²) in [7, 11) is 1.52. The summed E-state index contributed by atoms with van der Waals surface area (Å²) in [6, 6.07) is 1.08. The first-order chi connectivity index (χ1) is 9.90. The monoisotopic (exact) mass is 307 g/mol. The molecule has 2 N–H and O–H groups in total. The molecule has 21 heavy (non-hydrogen) atoms. The van der Waals surface area contributed by atoms with Crippen molar-refractivity contribution >= 4 is 0 Å². The maximum atomic E-state index is 12.6. The number of methoxy groups -OCH3 is 1. The quantitative estimate of drug-likeness (QED) is 0.868. The van der Waals surface area contributed by atoms with Crippen LogP contribution in [0.1, 0.15) is 30.1 Å². The first kappa shape index (κ1) is 16.3. The molecule has 2 unspecified atom stereocenters. The summed E-state index contributed by atoms with van der Waals surface area (Å²) in [4.78, 5) is 2.05. The smallest absolute Gasteiger partial charge is 0.389 e. The van der Waals surface area contributed by atoms with E-state index in [1.165, 1.54) is 7.11 Å². The SMILES string of the molecule is COCC(O)CN1CCCC(c2cc(C(F)(F)F)n[nH]2)C1. The molecular formula is C13H20F3N3O2. The summed E-state index contributed by atoms with van der Waals surface area (Å²) in [6.45, 7) is 2.16. The number of hydrogen-bond acceptors (Lipinski definition) is 4. The maximum Gasteiger partial charge on any atom is 0.435 e. The number of ether oxygens (including phenoxy) is 1. The second kappa shape index (κ2) is 6.76. The van der Waals surface area contributed by atoms with Gasteiger partial charge in [-0.25, -0.2) is 0 Å². The van der Waals surface area contributed by atoms with E-state index in [1.54, 1.807) is 0 Å². The molecule has 2 rings (SSSR count). The third-order valence-corrected chi connectivity index (χ3v) is 3.66. The third kappa shape index (κ3) is 4.42. The summed E-state index contributed by atoms with van der Waals surface area (Å²) in [5, 5.41) is 15.6. The lowest BCUT2D eigenvalue weighted by Gasteiger charge is -2.33. The Bertz CT molecular complexity index is 450. The largest absolute Gasteiger partial charge is 0.435 e. The van der Waals surface area contributed by atoms with Gasteiger partial charge in [-0.15, -0.1) is 0 Å². The Morgan fingerprint density at radius 2 is 2.33 bits per heavy atom. The predicted molar refractivity (Wildman–Crippen MR) is 69.9 cm³/mol. The van der Waals surface area contributed by atoms with Crippen molar-refractivity contribution < 1.29 is 23.0 Å². The second-order valence-electron chi connectivity index (χ2n) is 5.41. The van der Waals surface area contributed by atoms with Gasteiger partial charge in [-0.1, -0.05) is 0 Å². The van der Waals surface area contributed by atoms with E-state index in [2.05, 4.69) is 10.2 Å². The number of aliphatic hydroxyl groups excluding tert-OH is 1. The van der Waals surface area contributed by atoms with Gasteiger partial charge in [0.2, 0.25) is 0 Å². The molecule has 0 radical (unpaired) electrons. The lowest BCUT2D eigenvalue weighted by molar-refractivity contribution is -0.141. The van der Waals surface area contributed by atoms with Gasteiger partial charge in [0.15, 0.2) is 5.69 Å². The highest BCUT2D eigenvalue weighted by atomic mass is 19.4. The number of piperidine rings is 1. The molecule has 120 valence electrons. The zero-order chi connectivity index (χ0) is 15.5. The van der Waals surface area contributed by atoms with E-state index in [0.29, 0.717) is 18.8 Å². The summed E-state index contributed by atoms with van der Waals surface area (Å²) in [6.07, 6.45) is -3.31. The average Bonchev–Trinajstić information content (AvgIpc) is 2.88. The van der Waals surface area contributed by atoms with Gasteiger partial charge in [0.05, 0.1) is 12.7 Å². The summed E-state index contributed by atoms with van der Waals surface area (Å²) in [5.41, 5.74) is -0.373. The molecule has 0 spiro atoms. The lowest BCUT2D eigenvalue weighted by Crippen LogP contribution is -2.40. The Labute approximate surface area is 121 Å². The molecule has 0 bridgehead atoms. The number of hydrogen-bond donors (Lipinski definition) is 2. The molecule has 1 fully saturated rings. The molecule has 1 saturated heterocycles. The topological polar surface area (TPSA) is 61.4 Å². The molecule has 0 aliphatic carbocycles. The van der Waals surface area contributed by atoms with Crippen molar-refractivity contribution in [3.8, 4) is 0 Å². The van der Waals surface area contributed by atoms with Crippen molar-refractivity contribution in [1.29, 1.82) is 0 Å². The molecular weight excluding hydrogens is 287 g/mol. The number of rotatable bonds is 5. The van der Waals surface area contributed by atoms with Crippen LogP contribution in [0, 0.1) is 0 Å².